The van der Waals surface area contributed by atoms with Gasteiger partial charge >= 0.3 is 0 Å². The van der Waals surface area contributed by atoms with Crippen molar-refractivity contribution in [1.29, 1.82) is 0 Å². The molecule has 0 radical (unpaired) electrons. The topological polar surface area (TPSA) is 65.2 Å². The molecule has 61 heavy (non-hydrogen) atoms. The number of phenols is 2. The number of nitrogens with zero attached hydrogens (tertiary/aromatic N) is 2. The molecular weight excluding hydrogens is 745 g/mol. The summed E-state index contributed by atoms with van der Waals surface area (Å²) in [5.74, 6) is 0.355. The van der Waals surface area contributed by atoms with Crippen LogP contribution in [0.15, 0.2) is 70.6 Å². The fourth-order valence-corrected chi connectivity index (χ4v) is 8.69. The summed E-state index contributed by atoms with van der Waals surface area (Å²) in [7, 11) is 0. The molecule has 4 heteroatoms. The van der Waals surface area contributed by atoms with Crippen molar-refractivity contribution in [3.8, 4) is 11.5 Å². The zero-order valence-electron chi connectivity index (χ0n) is 40.2. The molecule has 336 valence electrons. The Morgan fingerprint density at radius 2 is 0.754 bits per heavy atom. The van der Waals surface area contributed by atoms with E-state index in [1.165, 1.54) is 130 Å². The third-order valence-electron chi connectivity index (χ3n) is 12.3. The van der Waals surface area contributed by atoms with Crippen molar-refractivity contribution in [2.45, 2.75) is 216 Å². The van der Waals surface area contributed by atoms with E-state index in [0.717, 1.165) is 92.1 Å². The van der Waals surface area contributed by atoms with E-state index in [-0.39, 0.29) is 11.5 Å². The molecule has 0 saturated heterocycles. The molecule has 0 unspecified atom stereocenters. The van der Waals surface area contributed by atoms with E-state index < -0.39 is 0 Å². The molecule has 0 fully saturated rings. The Bertz CT molecular complexity index is 1860. The van der Waals surface area contributed by atoms with Crippen molar-refractivity contribution in [2.75, 3.05) is 0 Å². The van der Waals surface area contributed by atoms with Gasteiger partial charge in [-0.2, -0.15) is 0 Å². The summed E-state index contributed by atoms with van der Waals surface area (Å²) in [6.07, 6.45) is 30.2. The number of aliphatic imine (C=N–C) groups is 2. The second-order valence-electron chi connectivity index (χ2n) is 17.4. The molecule has 2 N–H and O–H groups in total. The minimum Gasteiger partial charge on any atom is -0.507 e. The lowest BCUT2D eigenvalue weighted by Gasteiger charge is -2.14. The lowest BCUT2D eigenvalue weighted by atomic mass is 9.98. The van der Waals surface area contributed by atoms with Crippen LogP contribution in [-0.2, 0) is 38.5 Å². The van der Waals surface area contributed by atoms with Crippen molar-refractivity contribution >= 4 is 33.6 Å². The molecule has 0 bridgehead atoms. The summed E-state index contributed by atoms with van der Waals surface area (Å²) < 4.78 is 0. The van der Waals surface area contributed by atoms with E-state index in [1.807, 2.05) is 0 Å². The van der Waals surface area contributed by atoms with E-state index in [0.29, 0.717) is 5.39 Å². The van der Waals surface area contributed by atoms with Gasteiger partial charge in [0.1, 0.15) is 11.5 Å². The normalized spacial score (nSPS) is 11.9. The van der Waals surface area contributed by atoms with Crippen molar-refractivity contribution in [2.24, 2.45) is 9.98 Å². The summed E-state index contributed by atoms with van der Waals surface area (Å²) in [5.41, 5.74) is 12.7. The quantitative estimate of drug-likeness (QED) is 0.0442. The molecule has 4 aromatic rings. The van der Waals surface area contributed by atoms with Gasteiger partial charge < -0.3 is 10.2 Å². The largest absolute Gasteiger partial charge is 0.507 e. The average Bonchev–Trinajstić information content (AvgIpc) is 3.26. The van der Waals surface area contributed by atoms with Gasteiger partial charge in [-0.25, -0.2) is 0 Å². The maximum absolute atomic E-state index is 10.0. The Hall–Kier alpha value is -3.92. The minimum absolute atomic E-state index is 0.177. The molecular formula is C57H86N2O2. The van der Waals surface area contributed by atoms with Crippen molar-refractivity contribution < 1.29 is 10.2 Å². The van der Waals surface area contributed by atoms with Gasteiger partial charge in [-0.05, 0) is 139 Å². The summed E-state index contributed by atoms with van der Waals surface area (Å²) >= 11 is 0. The maximum atomic E-state index is 10.0. The molecule has 4 nitrogen and oxygen atoms in total. The minimum atomic E-state index is 0.177. The monoisotopic (exact) mass is 831 g/mol. The summed E-state index contributed by atoms with van der Waals surface area (Å²) in [6.45, 7) is 17.9. The van der Waals surface area contributed by atoms with Crippen LogP contribution in [0.1, 0.15) is 211 Å². The molecule has 0 saturated carbocycles. The molecule has 4 aromatic carbocycles. The molecule has 0 atom stereocenters. The van der Waals surface area contributed by atoms with Crippen LogP contribution in [0.4, 0.5) is 11.4 Å². The van der Waals surface area contributed by atoms with Gasteiger partial charge in [-0.15, -0.1) is 0 Å². The molecule has 0 amide bonds. The highest BCUT2D eigenvalue weighted by Crippen LogP contribution is 2.36. The second-order valence-corrected chi connectivity index (χ2v) is 17.4. The molecule has 0 aliphatic carbocycles. The number of benzene rings is 4. The predicted octanol–water partition coefficient (Wildman–Crippen LogP) is 17.6. The van der Waals surface area contributed by atoms with Crippen molar-refractivity contribution in [3.05, 3.63) is 94.0 Å². The number of hydrogen-bond donors (Lipinski definition) is 2. The van der Waals surface area contributed by atoms with Crippen LogP contribution in [0.3, 0.4) is 0 Å². The van der Waals surface area contributed by atoms with Crippen LogP contribution in [0, 0.1) is 0 Å². The van der Waals surface area contributed by atoms with Gasteiger partial charge in [0.25, 0.3) is 0 Å². The Morgan fingerprint density at radius 3 is 1.10 bits per heavy atom. The number of rotatable bonds is 28. The van der Waals surface area contributed by atoms with Crippen LogP contribution in [0.2, 0.25) is 0 Å². The number of aryl methyl sites for hydroxylation is 6. The lowest BCUT2D eigenvalue weighted by Crippen LogP contribution is -2.14. The first kappa shape index (κ1) is 51.4. The molecule has 0 aliphatic rings. The predicted molar refractivity (Wildman–Crippen MR) is 270 cm³/mol. The number of phenolic OH excluding ortho intramolecular Hbond substituents is 2. The summed E-state index contributed by atoms with van der Waals surface area (Å²) in [4.78, 5) is 10.8. The third-order valence-corrected chi connectivity index (χ3v) is 12.3. The maximum Gasteiger partial charge on any atom is 0.127 e. The zero-order chi connectivity index (χ0) is 44.2. The standard InChI is InChI=1S/C41H66N2.C16H20O2/c1-7-13-15-17-19-20-21-23-25-27-41(43-39-31-29-35(10-4)37(12-6)33-39)40(26-24-22-18-16-14-8-2)42-38-30-28-34(9-3)36(11-5)32-38;1-3-5-11-7-13-8-12(6-4-2)10-15(18)16(13)14(17)9-11/h28-33H,7-27H2,1-6H3;7-10,17-18H,3-6H2,1-2H3. The Kier molecular flexibility index (Phi) is 25.4. The highest BCUT2D eigenvalue weighted by Gasteiger charge is 2.13. The van der Waals surface area contributed by atoms with Gasteiger partial charge in [0.15, 0.2) is 0 Å². The molecule has 0 spiro atoms. The first-order valence-electron chi connectivity index (χ1n) is 25.1. The third kappa shape index (κ3) is 18.1. The average molecular weight is 831 g/mol. The Balaban J connectivity index is 0.000000455. The van der Waals surface area contributed by atoms with Gasteiger partial charge in [-0.3, -0.25) is 9.98 Å². The first-order valence-corrected chi connectivity index (χ1v) is 25.1. The van der Waals surface area contributed by atoms with E-state index in [1.54, 1.807) is 12.1 Å². The summed E-state index contributed by atoms with van der Waals surface area (Å²) in [6, 6.07) is 21.4. The van der Waals surface area contributed by atoms with E-state index >= 15 is 0 Å². The number of hydrogen-bond acceptors (Lipinski definition) is 4. The Morgan fingerprint density at radius 1 is 0.393 bits per heavy atom. The van der Waals surface area contributed by atoms with Crippen LogP contribution in [-0.4, -0.2) is 21.6 Å². The van der Waals surface area contributed by atoms with Gasteiger partial charge in [0.05, 0.1) is 28.2 Å². The van der Waals surface area contributed by atoms with Crippen molar-refractivity contribution in [3.63, 3.8) is 0 Å². The fraction of sp³-hybridized carbons (Fsp3) is 0.579. The Labute approximate surface area is 373 Å². The zero-order valence-corrected chi connectivity index (χ0v) is 40.2. The smallest absolute Gasteiger partial charge is 0.127 e. The van der Waals surface area contributed by atoms with E-state index in [4.69, 9.17) is 9.98 Å². The molecule has 0 heterocycles. The van der Waals surface area contributed by atoms with Crippen molar-refractivity contribution in [1.82, 2.24) is 0 Å². The summed E-state index contributed by atoms with van der Waals surface area (Å²) in [5, 5.41) is 21.5. The van der Waals surface area contributed by atoms with Crippen LogP contribution in [0.5, 0.6) is 11.5 Å². The highest BCUT2D eigenvalue weighted by atomic mass is 16.3. The van der Waals surface area contributed by atoms with E-state index in [9.17, 15) is 10.2 Å². The first-order chi connectivity index (χ1) is 29.7. The van der Waals surface area contributed by atoms with Crippen LogP contribution in [0.25, 0.3) is 10.8 Å². The van der Waals surface area contributed by atoms with E-state index in [2.05, 4.69) is 104 Å². The number of unbranched alkanes of at least 4 members (excludes halogenated alkanes) is 13. The van der Waals surface area contributed by atoms with Crippen LogP contribution >= 0.6 is 0 Å². The lowest BCUT2D eigenvalue weighted by molar-refractivity contribution is 0.463. The number of fused-ring (bicyclic) bond motifs is 1. The van der Waals surface area contributed by atoms with Gasteiger partial charge in [-0.1, -0.05) is 176 Å². The SMILES string of the molecule is CCCCCCCCCCCC(=Nc1ccc(CC)c(CC)c1)C(CCCCCCCC)=Nc1ccc(CC)c(CC)c1.CCCc1cc(O)c2c(O)cc(CCC)cc2c1. The molecule has 0 aliphatic heterocycles. The van der Waals surface area contributed by atoms with Crippen LogP contribution < -0.4 is 0 Å². The molecule has 4 rings (SSSR count). The van der Waals surface area contributed by atoms with Gasteiger partial charge in [0.2, 0.25) is 0 Å². The molecule has 0 aromatic heterocycles. The van der Waals surface area contributed by atoms with Gasteiger partial charge in [0, 0.05) is 0 Å². The fourth-order valence-electron chi connectivity index (χ4n) is 8.69. The second kappa shape index (κ2) is 30.2. The number of aromatic hydroxyl groups is 2. The highest BCUT2D eigenvalue weighted by molar-refractivity contribution is 6.43.